The largest absolute Gasteiger partial charge is 0.453 e. The van der Waals surface area contributed by atoms with Crippen LogP contribution in [-0.2, 0) is 9.53 Å². The van der Waals surface area contributed by atoms with Crippen molar-refractivity contribution in [2.45, 2.75) is 32.2 Å². The van der Waals surface area contributed by atoms with Gasteiger partial charge in [-0.1, -0.05) is 37.1 Å². The summed E-state index contributed by atoms with van der Waals surface area (Å²) in [6.45, 7) is 1.84. The van der Waals surface area contributed by atoms with Crippen molar-refractivity contribution in [2.75, 3.05) is 17.7 Å². The van der Waals surface area contributed by atoms with Crippen LogP contribution in [-0.4, -0.2) is 33.6 Å². The number of pyridine rings is 1. The zero-order valence-electron chi connectivity index (χ0n) is 22.4. The van der Waals surface area contributed by atoms with Crippen molar-refractivity contribution in [2.24, 2.45) is 5.92 Å². The maximum Gasteiger partial charge on any atom is 0.411 e. The number of fused-ring (bicyclic) bond motifs is 4. The molecule has 0 saturated carbocycles. The number of benzene rings is 2. The molecule has 1 aliphatic rings. The highest BCUT2D eigenvalue weighted by atomic mass is 35.5. The van der Waals surface area contributed by atoms with Gasteiger partial charge in [0.25, 0.3) is 5.56 Å². The molecule has 0 fully saturated rings. The average Bonchev–Trinajstić information content (AvgIpc) is 2.96. The summed E-state index contributed by atoms with van der Waals surface area (Å²) in [5.41, 5.74) is 3.01. The van der Waals surface area contributed by atoms with Crippen LogP contribution in [0.5, 0.6) is 0 Å². The lowest BCUT2D eigenvalue weighted by atomic mass is 9.95. The Balaban J connectivity index is 1.58. The number of nitrogens with one attached hydrogen (secondary N) is 2. The Labute approximate surface area is 240 Å². The van der Waals surface area contributed by atoms with Gasteiger partial charge >= 0.3 is 6.09 Å². The third-order valence-electron chi connectivity index (χ3n) is 7.10. The SMILES string of the molecule is COC(=O)Nc1ccc2c(c1)NC(=O)C(C)CCCC(n1cnc(-c3cccc(Cl)c3F)cc1=O)c1cc-2ccn1. The molecular formula is C30H27ClFN5O4. The first-order chi connectivity index (χ1) is 19.7. The summed E-state index contributed by atoms with van der Waals surface area (Å²) in [6, 6.07) is 14.2. The van der Waals surface area contributed by atoms with Crippen molar-refractivity contribution in [1.82, 2.24) is 14.5 Å². The number of hydrogen-bond acceptors (Lipinski definition) is 6. The number of aromatic nitrogens is 3. The van der Waals surface area contributed by atoms with Gasteiger partial charge in [-0.15, -0.1) is 0 Å². The molecule has 2 aromatic heterocycles. The van der Waals surface area contributed by atoms with Crippen LogP contribution >= 0.6 is 11.6 Å². The molecule has 2 unspecified atom stereocenters. The van der Waals surface area contributed by atoms with Crippen LogP contribution < -0.4 is 16.2 Å². The van der Waals surface area contributed by atoms with E-state index < -0.39 is 18.0 Å². The summed E-state index contributed by atoms with van der Waals surface area (Å²) in [6.07, 6.45) is 4.12. The third-order valence-corrected chi connectivity index (χ3v) is 7.40. The van der Waals surface area contributed by atoms with Gasteiger partial charge in [-0.05, 0) is 54.8 Å². The fraction of sp³-hybridized carbons (Fsp3) is 0.233. The van der Waals surface area contributed by atoms with Gasteiger partial charge in [-0.2, -0.15) is 0 Å². The van der Waals surface area contributed by atoms with Crippen molar-refractivity contribution < 1.29 is 18.7 Å². The van der Waals surface area contributed by atoms with Crippen LogP contribution in [0.1, 0.15) is 37.9 Å². The van der Waals surface area contributed by atoms with Crippen molar-refractivity contribution in [1.29, 1.82) is 0 Å². The van der Waals surface area contributed by atoms with Crippen LogP contribution in [0, 0.1) is 11.7 Å². The summed E-state index contributed by atoms with van der Waals surface area (Å²) >= 11 is 5.93. The van der Waals surface area contributed by atoms with Crippen LogP contribution in [0.2, 0.25) is 5.02 Å². The van der Waals surface area contributed by atoms with E-state index in [4.69, 9.17) is 11.6 Å². The molecule has 1 aliphatic heterocycles. The van der Waals surface area contributed by atoms with Crippen molar-refractivity contribution in [3.05, 3.63) is 94.0 Å². The molecule has 0 aliphatic carbocycles. The molecule has 2 amide bonds. The second-order valence-electron chi connectivity index (χ2n) is 9.80. The lowest BCUT2D eigenvalue weighted by Gasteiger charge is -2.23. The highest BCUT2D eigenvalue weighted by Gasteiger charge is 2.23. The number of methoxy groups -OCH3 is 1. The maximum absolute atomic E-state index is 14.6. The zero-order chi connectivity index (χ0) is 29.1. The highest BCUT2D eigenvalue weighted by molar-refractivity contribution is 6.31. The van der Waals surface area contributed by atoms with E-state index in [0.29, 0.717) is 41.9 Å². The molecule has 41 heavy (non-hydrogen) atoms. The first-order valence-electron chi connectivity index (χ1n) is 13.0. The monoisotopic (exact) mass is 575 g/mol. The number of rotatable bonds is 3. The van der Waals surface area contributed by atoms with E-state index in [2.05, 4.69) is 25.3 Å². The number of amides is 2. The molecule has 4 aromatic rings. The minimum atomic E-state index is -0.643. The predicted octanol–water partition coefficient (Wildman–Crippen LogP) is 6.29. The topological polar surface area (TPSA) is 115 Å². The highest BCUT2D eigenvalue weighted by Crippen LogP contribution is 2.34. The molecule has 0 radical (unpaired) electrons. The summed E-state index contributed by atoms with van der Waals surface area (Å²) < 4.78 is 20.8. The molecule has 11 heteroatoms. The first-order valence-corrected chi connectivity index (χ1v) is 13.4. The van der Waals surface area contributed by atoms with Crippen molar-refractivity contribution in [3.8, 4) is 22.4 Å². The lowest BCUT2D eigenvalue weighted by Crippen LogP contribution is -2.27. The van der Waals surface area contributed by atoms with Crippen molar-refractivity contribution >= 4 is 35.0 Å². The standard InChI is InChI=1S/C30H27ClFN5O4/c1-17-5-3-8-26(37-16-34-23(15-27(37)38)21-6-4-7-22(31)28(21)32)25-13-18(11-12-33-25)20-10-9-19(35-30(40)41-2)14-24(20)36-29(17)39/h4,6-7,9-17,26H,3,5,8H2,1-2H3,(H,35,40)(H,36,39). The number of halogens is 2. The second kappa shape index (κ2) is 11.9. The number of ether oxygens (including phenoxy) is 1. The molecule has 2 atom stereocenters. The van der Waals surface area contributed by atoms with Gasteiger partial charge in [-0.25, -0.2) is 14.2 Å². The summed E-state index contributed by atoms with van der Waals surface area (Å²) in [4.78, 5) is 47.2. The fourth-order valence-electron chi connectivity index (χ4n) is 4.87. The summed E-state index contributed by atoms with van der Waals surface area (Å²) in [5.74, 6) is -1.14. The zero-order valence-corrected chi connectivity index (χ0v) is 23.1. The van der Waals surface area contributed by atoms with Gasteiger partial charge in [-0.3, -0.25) is 24.5 Å². The van der Waals surface area contributed by atoms with E-state index in [0.717, 1.165) is 5.56 Å². The Morgan fingerprint density at radius 2 is 1.93 bits per heavy atom. The molecule has 210 valence electrons. The second-order valence-corrected chi connectivity index (χ2v) is 10.2. The van der Waals surface area contributed by atoms with E-state index in [1.807, 2.05) is 13.0 Å². The lowest BCUT2D eigenvalue weighted by molar-refractivity contribution is -0.119. The number of carbonyl (C=O) groups is 2. The molecule has 2 bridgehead atoms. The van der Waals surface area contributed by atoms with E-state index >= 15 is 0 Å². The average molecular weight is 576 g/mol. The molecule has 0 spiro atoms. The quantitative estimate of drug-likeness (QED) is 0.297. The molecular weight excluding hydrogens is 549 g/mol. The Morgan fingerprint density at radius 3 is 2.71 bits per heavy atom. The van der Waals surface area contributed by atoms with E-state index in [1.54, 1.807) is 36.5 Å². The van der Waals surface area contributed by atoms with Crippen molar-refractivity contribution in [3.63, 3.8) is 0 Å². The number of carbonyl (C=O) groups excluding carboxylic acids is 2. The van der Waals surface area contributed by atoms with E-state index in [-0.39, 0.29) is 33.7 Å². The normalized spacial score (nSPS) is 16.9. The van der Waals surface area contributed by atoms with Gasteiger partial charge < -0.3 is 10.1 Å². The maximum atomic E-state index is 14.6. The smallest absolute Gasteiger partial charge is 0.411 e. The van der Waals surface area contributed by atoms with Gasteiger partial charge in [0.05, 0.1) is 41.6 Å². The van der Waals surface area contributed by atoms with E-state index in [9.17, 15) is 18.8 Å². The van der Waals surface area contributed by atoms with Crippen LogP contribution in [0.4, 0.5) is 20.6 Å². The molecule has 5 rings (SSSR count). The van der Waals surface area contributed by atoms with Crippen LogP contribution in [0.15, 0.2) is 71.9 Å². The molecule has 9 nitrogen and oxygen atoms in total. The fourth-order valence-corrected chi connectivity index (χ4v) is 5.05. The Hall–Kier alpha value is -4.57. The number of hydrogen-bond donors (Lipinski definition) is 2. The molecule has 2 aromatic carbocycles. The third kappa shape index (κ3) is 5.97. The first kappa shape index (κ1) is 28.0. The summed E-state index contributed by atoms with van der Waals surface area (Å²) in [5, 5.41) is 5.56. The summed E-state index contributed by atoms with van der Waals surface area (Å²) in [7, 11) is 1.27. The Morgan fingerprint density at radius 1 is 1.10 bits per heavy atom. The predicted molar refractivity (Wildman–Crippen MR) is 154 cm³/mol. The Kier molecular flexibility index (Phi) is 8.11. The minimum Gasteiger partial charge on any atom is -0.453 e. The van der Waals surface area contributed by atoms with Crippen LogP contribution in [0.25, 0.3) is 22.4 Å². The van der Waals surface area contributed by atoms with E-state index in [1.165, 1.54) is 36.2 Å². The van der Waals surface area contributed by atoms with Gasteiger partial charge in [0, 0.05) is 35.0 Å². The molecule has 2 N–H and O–H groups in total. The minimum absolute atomic E-state index is 0.0551. The van der Waals surface area contributed by atoms with Crippen LogP contribution in [0.3, 0.4) is 0 Å². The van der Waals surface area contributed by atoms with Gasteiger partial charge in [0.2, 0.25) is 5.91 Å². The molecule has 0 saturated heterocycles. The van der Waals surface area contributed by atoms with Gasteiger partial charge in [0.15, 0.2) is 5.82 Å². The number of nitrogens with zero attached hydrogens (tertiary/aromatic N) is 3. The Bertz CT molecular complexity index is 1690. The molecule has 3 heterocycles. The van der Waals surface area contributed by atoms with Gasteiger partial charge in [0.1, 0.15) is 0 Å². The number of anilines is 2.